The van der Waals surface area contributed by atoms with E-state index in [4.69, 9.17) is 21.6 Å². The predicted molar refractivity (Wildman–Crippen MR) is 79.7 cm³/mol. The Bertz CT molecular complexity index is 412. The number of hydrogen-bond acceptors (Lipinski definition) is 2. The van der Waals surface area contributed by atoms with Crippen LogP contribution in [0.3, 0.4) is 0 Å². The van der Waals surface area contributed by atoms with Gasteiger partial charge in [0.2, 0.25) is 0 Å². The molecule has 0 heterocycles. The molecule has 3 heteroatoms. The summed E-state index contributed by atoms with van der Waals surface area (Å²) >= 11 is 5.94. The first kappa shape index (κ1) is 15.9. The highest BCUT2D eigenvalue weighted by Gasteiger charge is 2.01. The molecule has 0 aliphatic heterocycles. The number of rotatable bonds is 9. The van der Waals surface area contributed by atoms with E-state index in [1.54, 1.807) is 18.2 Å². The number of halogens is 1. The Morgan fingerprint density at radius 2 is 1.79 bits per heavy atom. The molecule has 0 fully saturated rings. The summed E-state index contributed by atoms with van der Waals surface area (Å²) in [6.45, 7) is 2.95. The zero-order valence-corrected chi connectivity index (χ0v) is 12.4. The monoisotopic (exact) mass is 279 g/mol. The number of nitrogens with zero attached hydrogens (tertiary/aromatic N) is 1. The van der Waals surface area contributed by atoms with E-state index >= 15 is 0 Å². The van der Waals surface area contributed by atoms with Crippen LogP contribution in [0, 0.1) is 11.3 Å². The molecule has 1 aromatic carbocycles. The highest BCUT2D eigenvalue weighted by Crippen LogP contribution is 2.22. The van der Waals surface area contributed by atoms with E-state index in [9.17, 15) is 0 Å². The van der Waals surface area contributed by atoms with Crippen LogP contribution in [-0.4, -0.2) is 6.61 Å². The average Bonchev–Trinajstić information content (AvgIpc) is 2.42. The van der Waals surface area contributed by atoms with Gasteiger partial charge in [0, 0.05) is 6.07 Å². The average molecular weight is 280 g/mol. The van der Waals surface area contributed by atoms with Crippen LogP contribution in [0.15, 0.2) is 18.2 Å². The molecule has 1 aromatic rings. The first-order chi connectivity index (χ1) is 9.27. The van der Waals surface area contributed by atoms with Crippen molar-refractivity contribution >= 4 is 11.6 Å². The zero-order valence-electron chi connectivity index (χ0n) is 11.6. The van der Waals surface area contributed by atoms with E-state index in [0.717, 1.165) is 18.8 Å². The Morgan fingerprint density at radius 3 is 2.42 bits per heavy atom. The molecule has 0 bridgehead atoms. The van der Waals surface area contributed by atoms with Gasteiger partial charge in [-0.15, -0.1) is 0 Å². The second-order valence-corrected chi connectivity index (χ2v) is 5.13. The Labute approximate surface area is 121 Å². The van der Waals surface area contributed by atoms with E-state index in [2.05, 4.69) is 6.92 Å². The standard InChI is InChI=1S/C16H22ClNO/c1-2-3-4-5-6-7-8-11-19-15-10-9-14(13-18)16(17)12-15/h9-10,12H,2-8,11H2,1H3. The molecule has 2 nitrogen and oxygen atoms in total. The third-order valence-electron chi connectivity index (χ3n) is 3.08. The van der Waals surface area contributed by atoms with Gasteiger partial charge in [-0.25, -0.2) is 0 Å². The summed E-state index contributed by atoms with van der Waals surface area (Å²) in [7, 11) is 0. The smallest absolute Gasteiger partial charge is 0.120 e. The molecule has 0 atom stereocenters. The highest BCUT2D eigenvalue weighted by molar-refractivity contribution is 6.31. The van der Waals surface area contributed by atoms with Gasteiger partial charge in [0.1, 0.15) is 11.8 Å². The first-order valence-electron chi connectivity index (χ1n) is 7.10. The van der Waals surface area contributed by atoms with Crippen molar-refractivity contribution < 1.29 is 4.74 Å². The molecule has 104 valence electrons. The van der Waals surface area contributed by atoms with Gasteiger partial charge in [0.05, 0.1) is 17.2 Å². The fourth-order valence-electron chi connectivity index (χ4n) is 1.93. The van der Waals surface area contributed by atoms with Crippen molar-refractivity contribution in [3.05, 3.63) is 28.8 Å². The minimum absolute atomic E-state index is 0.458. The van der Waals surface area contributed by atoms with Gasteiger partial charge in [0.15, 0.2) is 0 Å². The minimum atomic E-state index is 0.458. The Hall–Kier alpha value is -1.20. The molecule has 1 rings (SSSR count). The quantitative estimate of drug-likeness (QED) is 0.572. The summed E-state index contributed by atoms with van der Waals surface area (Å²) in [6.07, 6.45) is 8.90. The number of hydrogen-bond donors (Lipinski definition) is 0. The number of ether oxygens (including phenoxy) is 1. The van der Waals surface area contributed by atoms with Crippen LogP contribution in [-0.2, 0) is 0 Å². The maximum atomic E-state index is 8.77. The summed E-state index contributed by atoms with van der Waals surface area (Å²) in [6, 6.07) is 7.24. The molecule has 0 aromatic heterocycles. The SMILES string of the molecule is CCCCCCCCCOc1ccc(C#N)c(Cl)c1. The summed E-state index contributed by atoms with van der Waals surface area (Å²) in [5.41, 5.74) is 0.491. The number of nitriles is 1. The lowest BCUT2D eigenvalue weighted by atomic mass is 10.1. The third-order valence-corrected chi connectivity index (χ3v) is 3.39. The Morgan fingerprint density at radius 1 is 1.11 bits per heavy atom. The summed E-state index contributed by atoms with van der Waals surface area (Å²) < 4.78 is 5.62. The number of benzene rings is 1. The third kappa shape index (κ3) is 6.50. The molecule has 0 saturated carbocycles. The van der Waals surface area contributed by atoms with Gasteiger partial charge in [-0.05, 0) is 18.6 Å². The molecule has 0 spiro atoms. The molecule has 0 saturated heterocycles. The van der Waals surface area contributed by atoms with Crippen LogP contribution in [0.2, 0.25) is 5.02 Å². The van der Waals surface area contributed by atoms with Gasteiger partial charge >= 0.3 is 0 Å². The molecule has 0 radical (unpaired) electrons. The lowest BCUT2D eigenvalue weighted by Gasteiger charge is -2.07. The van der Waals surface area contributed by atoms with Crippen LogP contribution in [0.1, 0.15) is 57.4 Å². The van der Waals surface area contributed by atoms with Crippen molar-refractivity contribution in [3.8, 4) is 11.8 Å². The van der Waals surface area contributed by atoms with Crippen molar-refractivity contribution in [2.75, 3.05) is 6.61 Å². The molecule has 0 aliphatic carbocycles. The largest absolute Gasteiger partial charge is 0.494 e. The molecular formula is C16H22ClNO. The van der Waals surface area contributed by atoms with E-state index in [1.807, 2.05) is 6.07 Å². The van der Waals surface area contributed by atoms with Crippen molar-refractivity contribution in [1.82, 2.24) is 0 Å². The van der Waals surface area contributed by atoms with Crippen LogP contribution < -0.4 is 4.74 Å². The Kier molecular flexibility index (Phi) is 8.09. The van der Waals surface area contributed by atoms with E-state index in [0.29, 0.717) is 10.6 Å². The van der Waals surface area contributed by atoms with Crippen molar-refractivity contribution in [2.45, 2.75) is 51.9 Å². The summed E-state index contributed by atoms with van der Waals surface area (Å²) in [4.78, 5) is 0. The van der Waals surface area contributed by atoms with E-state index < -0.39 is 0 Å². The minimum Gasteiger partial charge on any atom is -0.494 e. The molecule has 0 unspecified atom stereocenters. The molecular weight excluding hydrogens is 258 g/mol. The van der Waals surface area contributed by atoms with Crippen molar-refractivity contribution in [1.29, 1.82) is 5.26 Å². The topological polar surface area (TPSA) is 33.0 Å². The van der Waals surface area contributed by atoms with E-state index in [1.165, 1.54) is 38.5 Å². The van der Waals surface area contributed by atoms with Gasteiger partial charge in [-0.3, -0.25) is 0 Å². The fourth-order valence-corrected chi connectivity index (χ4v) is 2.14. The summed E-state index contributed by atoms with van der Waals surface area (Å²) in [5, 5.41) is 9.23. The van der Waals surface area contributed by atoms with E-state index in [-0.39, 0.29) is 0 Å². The maximum absolute atomic E-state index is 8.77. The summed E-state index contributed by atoms with van der Waals surface area (Å²) in [5.74, 6) is 0.745. The van der Waals surface area contributed by atoms with Gasteiger partial charge in [-0.1, -0.05) is 57.0 Å². The maximum Gasteiger partial charge on any atom is 0.120 e. The van der Waals surface area contributed by atoms with Crippen molar-refractivity contribution in [2.24, 2.45) is 0 Å². The van der Waals surface area contributed by atoms with Gasteiger partial charge < -0.3 is 4.74 Å². The van der Waals surface area contributed by atoms with Crippen LogP contribution in [0.5, 0.6) is 5.75 Å². The second kappa shape index (κ2) is 9.69. The predicted octanol–water partition coefficient (Wildman–Crippen LogP) is 5.34. The second-order valence-electron chi connectivity index (χ2n) is 4.72. The van der Waals surface area contributed by atoms with Crippen LogP contribution in [0.4, 0.5) is 0 Å². The van der Waals surface area contributed by atoms with Crippen LogP contribution in [0.25, 0.3) is 0 Å². The Balaban J connectivity index is 2.13. The highest BCUT2D eigenvalue weighted by atomic mass is 35.5. The van der Waals surface area contributed by atoms with Gasteiger partial charge in [0.25, 0.3) is 0 Å². The molecule has 0 N–H and O–H groups in total. The zero-order chi connectivity index (χ0) is 13.9. The fraction of sp³-hybridized carbons (Fsp3) is 0.562. The molecule has 0 aliphatic rings. The first-order valence-corrected chi connectivity index (χ1v) is 7.48. The number of unbranched alkanes of at least 4 members (excludes halogenated alkanes) is 6. The van der Waals surface area contributed by atoms with Crippen molar-refractivity contribution in [3.63, 3.8) is 0 Å². The molecule has 0 amide bonds. The normalized spacial score (nSPS) is 10.2. The van der Waals surface area contributed by atoms with Gasteiger partial charge in [-0.2, -0.15) is 5.26 Å². The lowest BCUT2D eigenvalue weighted by molar-refractivity contribution is 0.304. The molecule has 19 heavy (non-hydrogen) atoms. The van der Waals surface area contributed by atoms with Crippen LogP contribution >= 0.6 is 11.6 Å². The lowest BCUT2D eigenvalue weighted by Crippen LogP contribution is -1.97.